The highest BCUT2D eigenvalue weighted by atomic mass is 16.2. The summed E-state index contributed by atoms with van der Waals surface area (Å²) in [5.74, 6) is 0.881. The number of allylic oxidation sites excluding steroid dienone is 2. The minimum absolute atomic E-state index is 0.00172. The van der Waals surface area contributed by atoms with Crippen LogP contribution < -0.4 is 10.6 Å². The summed E-state index contributed by atoms with van der Waals surface area (Å²) in [5, 5.41) is 6.77. The number of benzene rings is 2. The summed E-state index contributed by atoms with van der Waals surface area (Å²) in [7, 11) is 0. The number of rotatable bonds is 2. The minimum atomic E-state index is -0.471. The molecule has 5 aliphatic rings. The molecule has 4 aliphatic carbocycles. The molecule has 5 nitrogen and oxygen atoms in total. The molecule has 1 heterocycles. The molecule has 1 unspecified atom stereocenters. The van der Waals surface area contributed by atoms with Crippen LogP contribution in [0.1, 0.15) is 68.3 Å². The molecule has 1 aliphatic heterocycles. The topological polar surface area (TPSA) is 75.3 Å². The van der Waals surface area contributed by atoms with Gasteiger partial charge in [0.2, 0.25) is 5.91 Å². The molecule has 2 saturated carbocycles. The van der Waals surface area contributed by atoms with E-state index in [9.17, 15) is 14.4 Å². The van der Waals surface area contributed by atoms with Crippen LogP contribution in [0.25, 0.3) is 11.1 Å². The average molecular weight is 495 g/mol. The van der Waals surface area contributed by atoms with Crippen molar-refractivity contribution in [2.45, 2.75) is 52.4 Å². The molecule has 190 valence electrons. The monoisotopic (exact) mass is 494 g/mol. The molecular weight excluding hydrogens is 460 g/mol. The quantitative estimate of drug-likeness (QED) is 0.476. The summed E-state index contributed by atoms with van der Waals surface area (Å²) in [6.45, 7) is 5.58. The highest BCUT2D eigenvalue weighted by molar-refractivity contribution is 6.25. The Balaban J connectivity index is 1.24. The summed E-state index contributed by atoms with van der Waals surface area (Å²) in [5.41, 5.74) is 4.46. The molecule has 0 bridgehead atoms. The fraction of sp³-hybridized carbons (Fsp3) is 0.469. The zero-order valence-corrected chi connectivity index (χ0v) is 21.6. The molecule has 0 aromatic heterocycles. The number of amides is 1. The van der Waals surface area contributed by atoms with Crippen LogP contribution in [-0.2, 0) is 9.59 Å². The second-order valence-corrected chi connectivity index (χ2v) is 12.5. The Morgan fingerprint density at radius 3 is 2.57 bits per heavy atom. The van der Waals surface area contributed by atoms with Gasteiger partial charge in [-0.3, -0.25) is 14.4 Å². The maximum Gasteiger partial charge on any atom is 0.228 e. The van der Waals surface area contributed by atoms with Crippen molar-refractivity contribution >= 4 is 23.2 Å². The van der Waals surface area contributed by atoms with Gasteiger partial charge in [-0.05, 0) is 66.0 Å². The van der Waals surface area contributed by atoms with Crippen molar-refractivity contribution in [3.05, 3.63) is 65.4 Å². The number of fused-ring (bicyclic) bond motifs is 8. The fourth-order valence-corrected chi connectivity index (χ4v) is 8.97. The predicted octanol–water partition coefficient (Wildman–Crippen LogP) is 5.75. The number of hydrogen-bond donors (Lipinski definition) is 2. The first-order valence-electron chi connectivity index (χ1n) is 13.9. The van der Waals surface area contributed by atoms with Gasteiger partial charge in [-0.25, -0.2) is 0 Å². The number of anilines is 1. The second-order valence-electron chi connectivity index (χ2n) is 12.5. The van der Waals surface area contributed by atoms with Crippen LogP contribution in [-0.4, -0.2) is 24.0 Å². The number of hydrogen-bond acceptors (Lipinski definition) is 4. The number of ketones is 2. The van der Waals surface area contributed by atoms with Crippen LogP contribution in [0.4, 0.5) is 5.69 Å². The molecule has 0 radical (unpaired) electrons. The van der Waals surface area contributed by atoms with Gasteiger partial charge in [0.05, 0.1) is 17.2 Å². The van der Waals surface area contributed by atoms with Gasteiger partial charge in [0.15, 0.2) is 11.6 Å². The second kappa shape index (κ2) is 7.89. The molecular formula is C32H34N2O3. The standard InChI is InChI=1S/C32H34N2O3/c1-31-13-6-10-23(31)22-17-33-27-16-18(35)15-25(32(27,2)24(22)12-14-31)30(37)34-26-11-5-9-20-19-7-3-4-8-21(19)29(36)28(20)26/h3-5,7-9,11,16,22-25,33H,6,10,12-15,17H2,1-2H3,(H,34,37)/t22-,23-,24+,25?,31-,32-/m0/s1. The van der Waals surface area contributed by atoms with Gasteiger partial charge in [-0.2, -0.15) is 0 Å². The molecule has 7 rings (SSSR count). The maximum absolute atomic E-state index is 14.1. The van der Waals surface area contributed by atoms with E-state index in [4.69, 9.17) is 0 Å². The largest absolute Gasteiger partial charge is 0.387 e. The van der Waals surface area contributed by atoms with Crippen molar-refractivity contribution in [3.8, 4) is 11.1 Å². The molecule has 5 heteroatoms. The van der Waals surface area contributed by atoms with Crippen molar-refractivity contribution in [2.24, 2.45) is 34.5 Å². The van der Waals surface area contributed by atoms with Gasteiger partial charge in [0.1, 0.15) is 0 Å². The van der Waals surface area contributed by atoms with E-state index in [0.29, 0.717) is 40.0 Å². The third-order valence-corrected chi connectivity index (χ3v) is 10.9. The van der Waals surface area contributed by atoms with Gasteiger partial charge in [0.25, 0.3) is 0 Å². The van der Waals surface area contributed by atoms with E-state index >= 15 is 0 Å². The van der Waals surface area contributed by atoms with E-state index < -0.39 is 11.3 Å². The zero-order chi connectivity index (χ0) is 25.5. The van der Waals surface area contributed by atoms with E-state index in [-0.39, 0.29) is 23.9 Å². The molecule has 0 spiro atoms. The number of nitrogens with one attached hydrogen (secondary N) is 2. The lowest BCUT2D eigenvalue weighted by Crippen LogP contribution is -2.60. The van der Waals surface area contributed by atoms with Crippen LogP contribution in [0.2, 0.25) is 0 Å². The van der Waals surface area contributed by atoms with Crippen molar-refractivity contribution < 1.29 is 14.4 Å². The van der Waals surface area contributed by atoms with Gasteiger partial charge in [-0.15, -0.1) is 0 Å². The van der Waals surface area contributed by atoms with Crippen LogP contribution >= 0.6 is 0 Å². The molecule has 6 atom stereocenters. The van der Waals surface area contributed by atoms with Crippen molar-refractivity contribution in [3.63, 3.8) is 0 Å². The molecule has 1 amide bonds. The molecule has 2 N–H and O–H groups in total. The van der Waals surface area contributed by atoms with Gasteiger partial charge in [0, 0.05) is 35.7 Å². The average Bonchev–Trinajstić information content (AvgIpc) is 3.42. The Hall–Kier alpha value is -3.21. The highest BCUT2D eigenvalue weighted by Crippen LogP contribution is 2.63. The third kappa shape index (κ3) is 3.12. The normalized spacial score (nSPS) is 35.4. The minimum Gasteiger partial charge on any atom is -0.387 e. The van der Waals surface area contributed by atoms with E-state index in [0.717, 1.165) is 29.8 Å². The Labute approximate surface area is 218 Å². The molecule has 2 aromatic rings. The van der Waals surface area contributed by atoms with Gasteiger partial charge >= 0.3 is 0 Å². The first-order valence-corrected chi connectivity index (χ1v) is 13.9. The fourth-order valence-electron chi connectivity index (χ4n) is 8.97. The zero-order valence-electron chi connectivity index (χ0n) is 21.6. The Morgan fingerprint density at radius 1 is 0.946 bits per heavy atom. The van der Waals surface area contributed by atoms with Crippen molar-refractivity contribution in [1.29, 1.82) is 0 Å². The van der Waals surface area contributed by atoms with E-state index in [1.165, 1.54) is 25.7 Å². The van der Waals surface area contributed by atoms with Crippen LogP contribution in [0.5, 0.6) is 0 Å². The van der Waals surface area contributed by atoms with Crippen molar-refractivity contribution in [1.82, 2.24) is 5.32 Å². The lowest BCUT2D eigenvalue weighted by atomic mass is 9.48. The summed E-state index contributed by atoms with van der Waals surface area (Å²) < 4.78 is 0. The molecule has 1 saturated heterocycles. The highest BCUT2D eigenvalue weighted by Gasteiger charge is 2.60. The first-order chi connectivity index (χ1) is 17.8. The third-order valence-electron chi connectivity index (χ3n) is 10.9. The lowest BCUT2D eigenvalue weighted by molar-refractivity contribution is -0.135. The predicted molar refractivity (Wildman–Crippen MR) is 143 cm³/mol. The van der Waals surface area contributed by atoms with E-state index in [1.54, 1.807) is 6.08 Å². The molecule has 2 aromatic carbocycles. The Morgan fingerprint density at radius 2 is 1.73 bits per heavy atom. The summed E-state index contributed by atoms with van der Waals surface area (Å²) in [6, 6.07) is 13.2. The lowest BCUT2D eigenvalue weighted by Gasteiger charge is -2.59. The van der Waals surface area contributed by atoms with E-state index in [2.05, 4.69) is 24.5 Å². The van der Waals surface area contributed by atoms with Crippen LogP contribution in [0, 0.1) is 34.5 Å². The smallest absolute Gasteiger partial charge is 0.228 e. The van der Waals surface area contributed by atoms with Gasteiger partial charge in [-0.1, -0.05) is 56.7 Å². The Bertz CT molecular complexity index is 1390. The number of carbonyl (C=O) groups excluding carboxylic acids is 3. The van der Waals surface area contributed by atoms with E-state index in [1.807, 2.05) is 42.5 Å². The summed E-state index contributed by atoms with van der Waals surface area (Å²) in [6.07, 6.45) is 8.14. The first kappa shape index (κ1) is 22.9. The SMILES string of the molecule is C[C@@]12CCC[C@H]1[C@@H]1CNC3=CC(=O)CC(C(=O)Nc4cccc5c4C(=O)c4ccccc4-5)[C@]3(C)[C@@H]1CC2. The summed E-state index contributed by atoms with van der Waals surface area (Å²) in [4.78, 5) is 40.3. The number of carbonyl (C=O) groups is 3. The van der Waals surface area contributed by atoms with Crippen molar-refractivity contribution in [2.75, 3.05) is 11.9 Å². The summed E-state index contributed by atoms with van der Waals surface area (Å²) >= 11 is 0. The maximum atomic E-state index is 14.1. The molecule has 3 fully saturated rings. The number of piperidine rings is 1. The van der Waals surface area contributed by atoms with Crippen LogP contribution in [0.3, 0.4) is 0 Å². The van der Waals surface area contributed by atoms with Gasteiger partial charge < -0.3 is 10.6 Å². The molecule has 37 heavy (non-hydrogen) atoms. The van der Waals surface area contributed by atoms with Crippen LogP contribution in [0.15, 0.2) is 54.2 Å². The Kier molecular flexibility index (Phi) is 4.90.